The molecular formula is C20H19Cl2N3OS. The van der Waals surface area contributed by atoms with E-state index in [4.69, 9.17) is 35.4 Å². The smallest absolute Gasteiger partial charge is 0.255 e. The van der Waals surface area contributed by atoms with Crippen LogP contribution in [-0.4, -0.2) is 34.9 Å². The topological polar surface area (TPSA) is 35.6 Å². The maximum Gasteiger partial charge on any atom is 0.255 e. The molecule has 0 saturated carbocycles. The van der Waals surface area contributed by atoms with Crippen molar-refractivity contribution in [2.45, 2.75) is 13.0 Å². The number of nitrogens with one attached hydrogen (secondary N) is 1. The summed E-state index contributed by atoms with van der Waals surface area (Å²) >= 11 is 18.2. The minimum Gasteiger partial charge on any atom is -0.340 e. The van der Waals surface area contributed by atoms with Crippen molar-refractivity contribution in [3.8, 4) is 0 Å². The van der Waals surface area contributed by atoms with Crippen LogP contribution in [0.4, 0.5) is 5.69 Å². The van der Waals surface area contributed by atoms with Gasteiger partial charge >= 0.3 is 0 Å². The van der Waals surface area contributed by atoms with Crippen molar-refractivity contribution in [1.29, 1.82) is 0 Å². The molecule has 7 heteroatoms. The van der Waals surface area contributed by atoms with Crippen LogP contribution in [0.1, 0.15) is 18.5 Å². The monoisotopic (exact) mass is 419 g/mol. The molecule has 0 unspecified atom stereocenters. The number of halogens is 2. The molecular weight excluding hydrogens is 401 g/mol. The first kappa shape index (κ1) is 19.7. The zero-order valence-electron chi connectivity index (χ0n) is 15.2. The van der Waals surface area contributed by atoms with Crippen LogP contribution in [0, 0.1) is 0 Å². The van der Waals surface area contributed by atoms with Gasteiger partial charge in [-0.1, -0.05) is 53.5 Å². The number of para-hydroxylation sites is 1. The van der Waals surface area contributed by atoms with Crippen LogP contribution >= 0.6 is 35.4 Å². The highest BCUT2D eigenvalue weighted by molar-refractivity contribution is 7.80. The maximum absolute atomic E-state index is 13.3. The van der Waals surface area contributed by atoms with Gasteiger partial charge in [0.05, 0.1) is 22.3 Å². The van der Waals surface area contributed by atoms with E-state index in [0.717, 1.165) is 11.3 Å². The van der Waals surface area contributed by atoms with Crippen molar-refractivity contribution >= 4 is 52.1 Å². The molecule has 2 aromatic carbocycles. The predicted octanol–water partition coefficient (Wildman–Crippen LogP) is 5.11. The van der Waals surface area contributed by atoms with Crippen LogP contribution in [-0.2, 0) is 4.79 Å². The first-order valence-corrected chi connectivity index (χ1v) is 9.51. The van der Waals surface area contributed by atoms with Gasteiger partial charge in [-0.3, -0.25) is 4.79 Å². The third-order valence-electron chi connectivity index (χ3n) is 4.71. The molecule has 0 aromatic heterocycles. The van der Waals surface area contributed by atoms with Crippen LogP contribution in [0.15, 0.2) is 59.8 Å². The summed E-state index contributed by atoms with van der Waals surface area (Å²) in [6, 6.07) is 14.2. The molecule has 1 atom stereocenters. The Labute approximate surface area is 174 Å². The zero-order chi connectivity index (χ0) is 19.7. The highest BCUT2D eigenvalue weighted by Gasteiger charge is 2.37. The molecule has 0 radical (unpaired) electrons. The van der Waals surface area contributed by atoms with Gasteiger partial charge in [-0.15, -0.1) is 0 Å². The summed E-state index contributed by atoms with van der Waals surface area (Å²) in [6.45, 7) is 1.88. The number of carbonyl (C=O) groups is 1. The summed E-state index contributed by atoms with van der Waals surface area (Å²) in [6.07, 6.45) is 0. The fourth-order valence-electron chi connectivity index (χ4n) is 3.16. The lowest BCUT2D eigenvalue weighted by atomic mass is 9.93. The van der Waals surface area contributed by atoms with E-state index in [1.165, 1.54) is 0 Å². The van der Waals surface area contributed by atoms with Gasteiger partial charge in [0.1, 0.15) is 0 Å². The Balaban J connectivity index is 2.10. The van der Waals surface area contributed by atoms with Crippen molar-refractivity contribution in [3.63, 3.8) is 0 Å². The molecule has 0 spiro atoms. The zero-order valence-corrected chi connectivity index (χ0v) is 17.5. The second kappa shape index (κ2) is 7.89. The van der Waals surface area contributed by atoms with E-state index < -0.39 is 6.04 Å². The van der Waals surface area contributed by atoms with Gasteiger partial charge < -0.3 is 15.1 Å². The molecule has 2 aromatic rings. The Morgan fingerprint density at radius 2 is 1.63 bits per heavy atom. The molecule has 140 valence electrons. The number of hydrogen-bond acceptors (Lipinski definition) is 2. The lowest BCUT2D eigenvalue weighted by Crippen LogP contribution is -2.47. The molecule has 27 heavy (non-hydrogen) atoms. The largest absolute Gasteiger partial charge is 0.340 e. The van der Waals surface area contributed by atoms with Crippen molar-refractivity contribution in [2.75, 3.05) is 19.4 Å². The number of hydrogen-bond donors (Lipinski definition) is 1. The number of nitrogens with zero attached hydrogens (tertiary/aromatic N) is 2. The van der Waals surface area contributed by atoms with Crippen molar-refractivity contribution < 1.29 is 4.79 Å². The number of likely N-dealkylation sites (N-methyl/N-ethyl adjacent to an activating group) is 1. The number of benzene rings is 2. The number of thiocarbonyl (C=S) groups is 1. The van der Waals surface area contributed by atoms with Gasteiger partial charge in [-0.2, -0.15) is 0 Å². The molecule has 1 heterocycles. The quantitative estimate of drug-likeness (QED) is 0.701. The Hall–Kier alpha value is -2.08. The van der Waals surface area contributed by atoms with Gasteiger partial charge in [-0.25, -0.2) is 0 Å². The number of rotatable bonds is 3. The standard InChI is InChI=1S/C20H19Cl2N3OS/c1-12-17(19(26)23-16-11-7-6-10-15(16)22)18(25(3)20(27)24(12)2)13-8-4-5-9-14(13)21/h4-11,18H,1-3H3,(H,23,26)/t18-/m0/s1. The van der Waals surface area contributed by atoms with Gasteiger partial charge in [-0.05, 0) is 42.9 Å². The van der Waals surface area contributed by atoms with Crippen LogP contribution in [0.5, 0.6) is 0 Å². The molecule has 0 bridgehead atoms. The molecule has 1 aliphatic heterocycles. The molecule has 4 nitrogen and oxygen atoms in total. The van der Waals surface area contributed by atoms with Crippen LogP contribution < -0.4 is 5.32 Å². The SMILES string of the molecule is CC1=C(C(=O)Nc2ccccc2Cl)[C@H](c2ccccc2Cl)N(C)C(=S)N1C. The van der Waals surface area contributed by atoms with Crippen molar-refractivity contribution in [1.82, 2.24) is 9.80 Å². The minimum absolute atomic E-state index is 0.244. The summed E-state index contributed by atoms with van der Waals surface area (Å²) in [5.41, 5.74) is 2.72. The van der Waals surface area contributed by atoms with Gasteiger partial charge in [0, 0.05) is 24.8 Å². The van der Waals surface area contributed by atoms with Crippen LogP contribution in [0.25, 0.3) is 0 Å². The Kier molecular flexibility index (Phi) is 5.75. The molecule has 1 N–H and O–H groups in total. The van der Waals surface area contributed by atoms with E-state index in [-0.39, 0.29) is 5.91 Å². The Morgan fingerprint density at radius 3 is 2.26 bits per heavy atom. The van der Waals surface area contributed by atoms with Crippen molar-refractivity contribution in [2.24, 2.45) is 0 Å². The highest BCUT2D eigenvalue weighted by Crippen LogP contribution is 2.39. The maximum atomic E-state index is 13.3. The lowest BCUT2D eigenvalue weighted by molar-refractivity contribution is -0.113. The fraction of sp³-hybridized carbons (Fsp3) is 0.200. The Morgan fingerprint density at radius 1 is 1.04 bits per heavy atom. The fourth-order valence-corrected chi connectivity index (χ4v) is 3.83. The summed E-state index contributed by atoms with van der Waals surface area (Å²) in [5.74, 6) is -0.244. The van der Waals surface area contributed by atoms with Crippen LogP contribution in [0.2, 0.25) is 10.0 Å². The molecule has 1 amide bonds. The van der Waals surface area contributed by atoms with Crippen molar-refractivity contribution in [3.05, 3.63) is 75.4 Å². The number of anilines is 1. The summed E-state index contributed by atoms with van der Waals surface area (Å²) in [7, 11) is 3.71. The lowest BCUT2D eigenvalue weighted by Gasteiger charge is -2.42. The minimum atomic E-state index is -0.398. The number of carbonyl (C=O) groups excluding carboxylic acids is 1. The molecule has 0 fully saturated rings. The third-order valence-corrected chi connectivity index (χ3v) is 5.94. The van der Waals surface area contributed by atoms with Gasteiger partial charge in [0.2, 0.25) is 0 Å². The normalized spacial score (nSPS) is 17.4. The van der Waals surface area contributed by atoms with E-state index in [9.17, 15) is 4.79 Å². The van der Waals surface area contributed by atoms with E-state index >= 15 is 0 Å². The van der Waals surface area contributed by atoms with Gasteiger partial charge in [0.15, 0.2) is 5.11 Å². The number of allylic oxidation sites excluding steroid dienone is 1. The summed E-state index contributed by atoms with van der Waals surface area (Å²) < 4.78 is 0. The first-order valence-electron chi connectivity index (χ1n) is 8.34. The van der Waals surface area contributed by atoms with Crippen LogP contribution in [0.3, 0.4) is 0 Å². The summed E-state index contributed by atoms with van der Waals surface area (Å²) in [4.78, 5) is 17.0. The second-order valence-corrected chi connectivity index (χ2v) is 7.49. The van der Waals surface area contributed by atoms with E-state index in [2.05, 4.69) is 5.32 Å². The van der Waals surface area contributed by atoms with Gasteiger partial charge in [0.25, 0.3) is 5.91 Å². The summed E-state index contributed by atoms with van der Waals surface area (Å²) in [5, 5.41) is 4.59. The molecule has 0 saturated heterocycles. The average molecular weight is 420 g/mol. The third kappa shape index (κ3) is 3.68. The predicted molar refractivity (Wildman–Crippen MR) is 115 cm³/mol. The second-order valence-electron chi connectivity index (χ2n) is 6.31. The molecule has 1 aliphatic rings. The first-order chi connectivity index (χ1) is 12.8. The average Bonchev–Trinajstić information content (AvgIpc) is 2.65. The highest BCUT2D eigenvalue weighted by atomic mass is 35.5. The molecule has 0 aliphatic carbocycles. The Bertz CT molecular complexity index is 944. The van der Waals surface area contributed by atoms with E-state index in [1.54, 1.807) is 12.1 Å². The number of amides is 1. The van der Waals surface area contributed by atoms with E-state index in [0.29, 0.717) is 26.4 Å². The molecule has 3 rings (SSSR count). The van der Waals surface area contributed by atoms with E-state index in [1.807, 2.05) is 67.2 Å².